The second-order valence-corrected chi connectivity index (χ2v) is 10.0. The molecule has 1 atom stereocenters. The molecule has 1 heterocycles. The maximum absolute atomic E-state index is 13.9. The molecule has 202 valence electrons. The number of rotatable bonds is 10. The number of amides is 3. The predicted octanol–water partition coefficient (Wildman–Crippen LogP) is 4.96. The molecule has 0 saturated carbocycles. The lowest BCUT2D eigenvalue weighted by molar-refractivity contribution is -0.128. The Kier molecular flexibility index (Phi) is 9.28. The lowest BCUT2D eigenvalue weighted by Gasteiger charge is -2.35. The molecule has 0 unspecified atom stereocenters. The zero-order chi connectivity index (χ0) is 27.9. The SMILES string of the molecule is CCc1ccccc1N(C(=O)CCC(=O)Nc1cc(C)on1)[C@H](C(=O)NC(C)(C)C)c1ccc(OC)cc1. The van der Waals surface area contributed by atoms with Gasteiger partial charge in [0.25, 0.3) is 0 Å². The second kappa shape index (κ2) is 12.4. The highest BCUT2D eigenvalue weighted by Crippen LogP contribution is 2.33. The van der Waals surface area contributed by atoms with Crippen molar-refractivity contribution in [2.75, 3.05) is 17.3 Å². The number of nitrogens with zero attached hydrogens (tertiary/aromatic N) is 2. The van der Waals surface area contributed by atoms with E-state index in [1.165, 1.54) is 4.90 Å². The van der Waals surface area contributed by atoms with E-state index >= 15 is 0 Å². The molecule has 3 aromatic rings. The largest absolute Gasteiger partial charge is 0.497 e. The smallest absolute Gasteiger partial charge is 0.248 e. The van der Waals surface area contributed by atoms with Gasteiger partial charge in [-0.25, -0.2) is 0 Å². The quantitative estimate of drug-likeness (QED) is 0.391. The van der Waals surface area contributed by atoms with Crippen LogP contribution >= 0.6 is 0 Å². The van der Waals surface area contributed by atoms with Gasteiger partial charge in [-0.1, -0.05) is 42.4 Å². The fourth-order valence-electron chi connectivity index (χ4n) is 4.08. The molecule has 0 aliphatic rings. The van der Waals surface area contributed by atoms with E-state index in [9.17, 15) is 14.4 Å². The van der Waals surface area contributed by atoms with Gasteiger partial charge in [0.1, 0.15) is 17.6 Å². The van der Waals surface area contributed by atoms with Crippen molar-refractivity contribution in [1.82, 2.24) is 10.5 Å². The third kappa shape index (κ3) is 7.44. The molecule has 0 aliphatic heterocycles. The molecule has 3 amide bonds. The minimum atomic E-state index is -0.971. The minimum absolute atomic E-state index is 0.0915. The van der Waals surface area contributed by atoms with Gasteiger partial charge in [0.2, 0.25) is 17.7 Å². The van der Waals surface area contributed by atoms with Crippen LogP contribution in [0.1, 0.15) is 63.5 Å². The summed E-state index contributed by atoms with van der Waals surface area (Å²) in [5, 5.41) is 9.43. The first-order valence-electron chi connectivity index (χ1n) is 12.6. The summed E-state index contributed by atoms with van der Waals surface area (Å²) in [7, 11) is 1.57. The maximum Gasteiger partial charge on any atom is 0.248 e. The Morgan fingerprint density at radius 2 is 1.74 bits per heavy atom. The number of benzene rings is 2. The Morgan fingerprint density at radius 3 is 2.32 bits per heavy atom. The number of hydrogen-bond acceptors (Lipinski definition) is 6. The predicted molar refractivity (Wildman–Crippen MR) is 146 cm³/mol. The fourth-order valence-corrected chi connectivity index (χ4v) is 4.08. The lowest BCUT2D eigenvalue weighted by Crippen LogP contribution is -2.49. The molecule has 2 aromatic carbocycles. The van der Waals surface area contributed by atoms with Crippen LogP contribution in [0.15, 0.2) is 59.1 Å². The van der Waals surface area contributed by atoms with Crippen LogP contribution in [0.3, 0.4) is 0 Å². The number of carbonyl (C=O) groups is 3. The van der Waals surface area contributed by atoms with E-state index in [4.69, 9.17) is 9.26 Å². The number of aromatic nitrogens is 1. The van der Waals surface area contributed by atoms with Crippen molar-refractivity contribution < 1.29 is 23.6 Å². The molecule has 0 aliphatic carbocycles. The molecule has 0 radical (unpaired) electrons. The summed E-state index contributed by atoms with van der Waals surface area (Å²) < 4.78 is 10.3. The average molecular weight is 521 g/mol. The molecule has 2 N–H and O–H groups in total. The molecular formula is C29H36N4O5. The molecule has 0 saturated heterocycles. The molecule has 9 heteroatoms. The average Bonchev–Trinajstić information content (AvgIpc) is 3.29. The van der Waals surface area contributed by atoms with Gasteiger partial charge in [-0.2, -0.15) is 0 Å². The molecular weight excluding hydrogens is 484 g/mol. The minimum Gasteiger partial charge on any atom is -0.497 e. The first-order chi connectivity index (χ1) is 18.0. The molecule has 9 nitrogen and oxygen atoms in total. The van der Waals surface area contributed by atoms with Crippen molar-refractivity contribution in [2.45, 2.75) is 65.5 Å². The Bertz CT molecular complexity index is 1260. The van der Waals surface area contributed by atoms with E-state index in [-0.39, 0.29) is 36.4 Å². The van der Waals surface area contributed by atoms with Gasteiger partial charge in [0.15, 0.2) is 5.82 Å². The van der Waals surface area contributed by atoms with E-state index in [1.54, 1.807) is 44.4 Å². The second-order valence-electron chi connectivity index (χ2n) is 10.0. The standard InChI is InChI=1S/C29H36N4O5/c1-7-20-10-8-9-11-23(20)33(26(35)17-16-25(34)30-24-18-19(2)38-32-24)27(28(36)31-29(3,4)5)21-12-14-22(37-6)15-13-21/h8-15,18,27H,7,16-17H2,1-6H3,(H,31,36)(H,30,32,34)/t27-/m0/s1. The van der Waals surface area contributed by atoms with Crippen molar-refractivity contribution >= 4 is 29.2 Å². The van der Waals surface area contributed by atoms with Gasteiger partial charge in [0.05, 0.1) is 7.11 Å². The fraction of sp³-hybridized carbons (Fsp3) is 0.379. The normalized spacial score (nSPS) is 11.9. The number of methoxy groups -OCH3 is 1. The van der Waals surface area contributed by atoms with Crippen LogP contribution in [0.5, 0.6) is 5.75 Å². The van der Waals surface area contributed by atoms with Crippen molar-refractivity contribution in [3.8, 4) is 5.75 Å². The van der Waals surface area contributed by atoms with Crippen molar-refractivity contribution in [3.05, 3.63) is 71.5 Å². The summed E-state index contributed by atoms with van der Waals surface area (Å²) >= 11 is 0. The summed E-state index contributed by atoms with van der Waals surface area (Å²) in [6.45, 7) is 9.37. The highest BCUT2D eigenvalue weighted by Gasteiger charge is 2.35. The monoisotopic (exact) mass is 520 g/mol. The number of hydrogen-bond donors (Lipinski definition) is 2. The van der Waals surface area contributed by atoms with Gasteiger partial charge < -0.3 is 19.9 Å². The summed E-state index contributed by atoms with van der Waals surface area (Å²) in [5.41, 5.74) is 1.62. The highest BCUT2D eigenvalue weighted by atomic mass is 16.5. The number of aryl methyl sites for hydroxylation is 2. The first-order valence-corrected chi connectivity index (χ1v) is 12.6. The summed E-state index contributed by atoms with van der Waals surface area (Å²) in [6.07, 6.45) is 0.449. The van der Waals surface area contributed by atoms with Crippen molar-refractivity contribution in [2.24, 2.45) is 0 Å². The van der Waals surface area contributed by atoms with E-state index < -0.39 is 11.6 Å². The van der Waals surface area contributed by atoms with Gasteiger partial charge in [-0.15, -0.1) is 0 Å². The van der Waals surface area contributed by atoms with E-state index in [1.807, 2.05) is 52.0 Å². The Hall–Kier alpha value is -4.14. The van der Waals surface area contributed by atoms with Gasteiger partial charge in [-0.05, 0) is 63.4 Å². The van der Waals surface area contributed by atoms with Crippen molar-refractivity contribution in [3.63, 3.8) is 0 Å². The van der Waals surface area contributed by atoms with E-state index in [2.05, 4.69) is 15.8 Å². The van der Waals surface area contributed by atoms with Gasteiger partial charge in [-0.3, -0.25) is 19.3 Å². The lowest BCUT2D eigenvalue weighted by atomic mass is 9.98. The number of ether oxygens (including phenoxy) is 1. The van der Waals surface area contributed by atoms with E-state index in [0.29, 0.717) is 29.2 Å². The Labute approximate surface area is 223 Å². The topological polar surface area (TPSA) is 114 Å². The third-order valence-electron chi connectivity index (χ3n) is 5.80. The van der Waals surface area contributed by atoms with Crippen molar-refractivity contribution in [1.29, 1.82) is 0 Å². The maximum atomic E-state index is 13.9. The van der Waals surface area contributed by atoms with Crippen LogP contribution < -0.4 is 20.3 Å². The zero-order valence-corrected chi connectivity index (χ0v) is 22.8. The third-order valence-corrected chi connectivity index (χ3v) is 5.80. The molecule has 0 fully saturated rings. The van der Waals surface area contributed by atoms with Gasteiger partial charge >= 0.3 is 0 Å². The Morgan fingerprint density at radius 1 is 1.05 bits per heavy atom. The van der Waals surface area contributed by atoms with Crippen LogP contribution in [0.2, 0.25) is 0 Å². The zero-order valence-electron chi connectivity index (χ0n) is 22.8. The van der Waals surface area contributed by atoms with Crippen LogP contribution in [-0.4, -0.2) is 35.5 Å². The Balaban J connectivity index is 2.00. The number of para-hydroxylation sites is 1. The molecule has 3 rings (SSSR count). The molecule has 0 spiro atoms. The summed E-state index contributed by atoms with van der Waals surface area (Å²) in [4.78, 5) is 41.8. The van der Waals surface area contributed by atoms with Crippen LogP contribution in [0.25, 0.3) is 0 Å². The number of nitrogens with one attached hydrogen (secondary N) is 2. The van der Waals surface area contributed by atoms with Gasteiger partial charge in [0, 0.05) is 30.1 Å². The summed E-state index contributed by atoms with van der Waals surface area (Å²) in [6, 6.07) is 15.2. The highest BCUT2D eigenvalue weighted by molar-refractivity contribution is 6.03. The van der Waals surface area contributed by atoms with Crippen LogP contribution in [0, 0.1) is 6.92 Å². The number of anilines is 2. The molecule has 1 aromatic heterocycles. The van der Waals surface area contributed by atoms with Crippen LogP contribution in [0.4, 0.5) is 11.5 Å². The van der Waals surface area contributed by atoms with Crippen LogP contribution in [-0.2, 0) is 20.8 Å². The number of carbonyl (C=O) groups excluding carboxylic acids is 3. The van der Waals surface area contributed by atoms with E-state index in [0.717, 1.165) is 5.56 Å². The molecule has 38 heavy (non-hydrogen) atoms. The summed E-state index contributed by atoms with van der Waals surface area (Å²) in [5.74, 6) is 0.414. The first kappa shape index (κ1) is 28.4. The molecule has 0 bridgehead atoms.